The van der Waals surface area contributed by atoms with E-state index < -0.39 is 0 Å². The second-order valence-corrected chi connectivity index (χ2v) is 6.69. The number of aromatic amines is 1. The number of anilines is 1. The van der Waals surface area contributed by atoms with Crippen molar-refractivity contribution in [3.8, 4) is 5.75 Å². The van der Waals surface area contributed by atoms with E-state index >= 15 is 0 Å². The first-order valence-electron chi connectivity index (χ1n) is 9.54. The number of hydrogen-bond acceptors (Lipinski definition) is 5. The van der Waals surface area contributed by atoms with E-state index in [2.05, 4.69) is 20.2 Å². The first-order valence-corrected chi connectivity index (χ1v) is 9.54. The van der Waals surface area contributed by atoms with Crippen molar-refractivity contribution in [1.29, 1.82) is 0 Å². The number of benzene rings is 2. The normalized spacial score (nSPS) is 14.2. The van der Waals surface area contributed by atoms with Gasteiger partial charge in [-0.15, -0.1) is 0 Å². The molecule has 146 valence electrons. The van der Waals surface area contributed by atoms with Gasteiger partial charge in [-0.05, 0) is 24.3 Å². The Morgan fingerprint density at radius 3 is 2.89 bits per heavy atom. The fraction of sp³-hybridized carbons (Fsp3) is 0.333. The minimum Gasteiger partial charge on any atom is -0.484 e. The van der Waals surface area contributed by atoms with Gasteiger partial charge in [0.05, 0.1) is 24.2 Å². The van der Waals surface area contributed by atoms with E-state index in [1.807, 2.05) is 48.5 Å². The van der Waals surface area contributed by atoms with Crippen molar-refractivity contribution < 1.29 is 14.3 Å². The van der Waals surface area contributed by atoms with Crippen LogP contribution in [0, 0.1) is 0 Å². The Hall–Kier alpha value is -3.06. The summed E-state index contributed by atoms with van der Waals surface area (Å²) in [6.45, 7) is 3.71. The summed E-state index contributed by atoms with van der Waals surface area (Å²) in [4.78, 5) is 22.1. The fourth-order valence-corrected chi connectivity index (χ4v) is 3.24. The number of carbonyl (C=O) groups is 1. The molecule has 0 spiro atoms. The van der Waals surface area contributed by atoms with Gasteiger partial charge in [0.2, 0.25) is 0 Å². The highest BCUT2D eigenvalue weighted by Gasteiger charge is 2.12. The number of H-pyrrole nitrogens is 1. The summed E-state index contributed by atoms with van der Waals surface area (Å²) >= 11 is 0. The van der Waals surface area contributed by atoms with Crippen LogP contribution in [0.1, 0.15) is 5.82 Å². The number of morpholine rings is 1. The van der Waals surface area contributed by atoms with Crippen molar-refractivity contribution in [2.24, 2.45) is 0 Å². The zero-order valence-electron chi connectivity index (χ0n) is 15.7. The Morgan fingerprint density at radius 2 is 2.04 bits per heavy atom. The van der Waals surface area contributed by atoms with Crippen LogP contribution in [0.3, 0.4) is 0 Å². The molecule has 3 aromatic rings. The summed E-state index contributed by atoms with van der Waals surface area (Å²) in [5.74, 6) is 1.41. The third-order valence-corrected chi connectivity index (χ3v) is 4.69. The third kappa shape index (κ3) is 4.61. The number of fused-ring (bicyclic) bond motifs is 1. The highest BCUT2D eigenvalue weighted by atomic mass is 16.5. The van der Waals surface area contributed by atoms with Crippen molar-refractivity contribution in [2.45, 2.75) is 6.42 Å². The molecule has 0 radical (unpaired) electrons. The highest BCUT2D eigenvalue weighted by Crippen LogP contribution is 2.22. The van der Waals surface area contributed by atoms with Crippen LogP contribution in [-0.4, -0.2) is 55.3 Å². The maximum absolute atomic E-state index is 12.1. The Labute approximate surface area is 163 Å². The van der Waals surface area contributed by atoms with Gasteiger partial charge in [-0.3, -0.25) is 4.79 Å². The van der Waals surface area contributed by atoms with E-state index in [1.54, 1.807) is 0 Å². The molecule has 2 aromatic carbocycles. The Morgan fingerprint density at radius 1 is 1.18 bits per heavy atom. The molecular weight excluding hydrogens is 356 g/mol. The lowest BCUT2D eigenvalue weighted by Crippen LogP contribution is -2.36. The predicted molar refractivity (Wildman–Crippen MR) is 108 cm³/mol. The molecule has 1 aliphatic rings. The third-order valence-electron chi connectivity index (χ3n) is 4.69. The van der Waals surface area contributed by atoms with Crippen LogP contribution in [0.5, 0.6) is 5.75 Å². The van der Waals surface area contributed by atoms with Crippen molar-refractivity contribution in [3.05, 3.63) is 54.4 Å². The summed E-state index contributed by atoms with van der Waals surface area (Å²) in [6.07, 6.45) is 0.646. The summed E-state index contributed by atoms with van der Waals surface area (Å²) in [5.41, 5.74) is 3.03. The Balaban J connectivity index is 1.23. The number of imidazole rings is 1. The predicted octanol–water partition coefficient (Wildman–Crippen LogP) is 2.14. The Kier molecular flexibility index (Phi) is 5.72. The summed E-state index contributed by atoms with van der Waals surface area (Å²) in [5, 5.41) is 2.87. The minimum absolute atomic E-state index is 0.00725. The molecule has 7 nitrogen and oxygen atoms in total. The average Bonchev–Trinajstić information content (AvgIpc) is 3.16. The first kappa shape index (κ1) is 18.3. The van der Waals surface area contributed by atoms with Gasteiger partial charge in [0.25, 0.3) is 5.91 Å². The van der Waals surface area contributed by atoms with Gasteiger partial charge < -0.3 is 24.7 Å². The molecule has 1 aliphatic heterocycles. The molecule has 1 fully saturated rings. The van der Waals surface area contributed by atoms with Crippen molar-refractivity contribution in [3.63, 3.8) is 0 Å². The molecule has 4 rings (SSSR count). The number of amides is 1. The SMILES string of the molecule is O=C(COc1cccc(N2CCOCC2)c1)NCCc1nc2ccccc2[nH]1. The molecule has 0 bridgehead atoms. The number of aromatic nitrogens is 2. The lowest BCUT2D eigenvalue weighted by Gasteiger charge is -2.29. The largest absolute Gasteiger partial charge is 0.484 e. The second-order valence-electron chi connectivity index (χ2n) is 6.69. The van der Waals surface area contributed by atoms with Gasteiger partial charge in [-0.25, -0.2) is 4.98 Å². The minimum atomic E-state index is -0.145. The number of para-hydroxylation sites is 2. The summed E-state index contributed by atoms with van der Waals surface area (Å²) in [7, 11) is 0. The van der Waals surface area contributed by atoms with Crippen LogP contribution in [0.15, 0.2) is 48.5 Å². The molecule has 0 saturated carbocycles. The fourth-order valence-electron chi connectivity index (χ4n) is 3.24. The molecule has 28 heavy (non-hydrogen) atoms. The van der Waals surface area contributed by atoms with Crippen LogP contribution in [0.2, 0.25) is 0 Å². The number of ether oxygens (including phenoxy) is 2. The second kappa shape index (κ2) is 8.75. The molecule has 1 saturated heterocycles. The van der Waals surface area contributed by atoms with E-state index in [4.69, 9.17) is 9.47 Å². The first-order chi connectivity index (χ1) is 13.8. The zero-order chi connectivity index (χ0) is 19.2. The van der Waals surface area contributed by atoms with Crippen molar-refractivity contribution >= 4 is 22.6 Å². The monoisotopic (exact) mass is 380 g/mol. The number of hydrogen-bond donors (Lipinski definition) is 2. The van der Waals surface area contributed by atoms with E-state index in [0.29, 0.717) is 18.7 Å². The van der Waals surface area contributed by atoms with Crippen molar-refractivity contribution in [2.75, 3.05) is 44.4 Å². The van der Waals surface area contributed by atoms with E-state index in [-0.39, 0.29) is 12.5 Å². The van der Waals surface area contributed by atoms with E-state index in [0.717, 1.165) is 48.8 Å². The van der Waals surface area contributed by atoms with Crippen LogP contribution in [0.4, 0.5) is 5.69 Å². The van der Waals surface area contributed by atoms with E-state index in [1.165, 1.54) is 0 Å². The van der Waals surface area contributed by atoms with Gasteiger partial charge >= 0.3 is 0 Å². The molecular formula is C21H24N4O3. The lowest BCUT2D eigenvalue weighted by molar-refractivity contribution is -0.123. The van der Waals surface area contributed by atoms with Gasteiger partial charge in [-0.1, -0.05) is 18.2 Å². The molecule has 1 amide bonds. The van der Waals surface area contributed by atoms with Gasteiger partial charge in [0.15, 0.2) is 6.61 Å². The number of rotatable bonds is 7. The number of nitrogens with one attached hydrogen (secondary N) is 2. The molecule has 0 atom stereocenters. The summed E-state index contributed by atoms with van der Waals surface area (Å²) in [6, 6.07) is 15.7. The van der Waals surface area contributed by atoms with Crippen molar-refractivity contribution in [1.82, 2.24) is 15.3 Å². The zero-order valence-corrected chi connectivity index (χ0v) is 15.7. The maximum Gasteiger partial charge on any atom is 0.257 e. The quantitative estimate of drug-likeness (QED) is 0.657. The lowest BCUT2D eigenvalue weighted by atomic mass is 10.2. The topological polar surface area (TPSA) is 79.5 Å². The molecule has 2 N–H and O–H groups in total. The molecule has 0 aliphatic carbocycles. The molecule has 0 unspecified atom stereocenters. The highest BCUT2D eigenvalue weighted by molar-refractivity contribution is 5.77. The van der Waals surface area contributed by atoms with Crippen LogP contribution in [0.25, 0.3) is 11.0 Å². The van der Waals surface area contributed by atoms with E-state index in [9.17, 15) is 4.79 Å². The smallest absolute Gasteiger partial charge is 0.257 e. The van der Waals surface area contributed by atoms with Gasteiger partial charge in [-0.2, -0.15) is 0 Å². The van der Waals surface area contributed by atoms with Gasteiger partial charge in [0, 0.05) is 37.8 Å². The molecule has 7 heteroatoms. The number of nitrogens with zero attached hydrogens (tertiary/aromatic N) is 2. The van der Waals surface area contributed by atoms with Crippen LogP contribution in [-0.2, 0) is 16.0 Å². The summed E-state index contributed by atoms with van der Waals surface area (Å²) < 4.78 is 11.0. The average molecular weight is 380 g/mol. The van der Waals surface area contributed by atoms with Crippen LogP contribution >= 0.6 is 0 Å². The van der Waals surface area contributed by atoms with Gasteiger partial charge in [0.1, 0.15) is 11.6 Å². The molecule has 1 aromatic heterocycles. The van der Waals surface area contributed by atoms with Crippen LogP contribution < -0.4 is 15.0 Å². The standard InChI is InChI=1S/C21H24N4O3/c26-21(22-9-8-20-23-18-6-1-2-7-19(18)24-20)15-28-17-5-3-4-16(14-17)25-10-12-27-13-11-25/h1-7,14H,8-13,15H2,(H,22,26)(H,23,24). The molecule has 2 heterocycles. The maximum atomic E-state index is 12.1. The number of carbonyl (C=O) groups excluding carboxylic acids is 1. The Bertz CT molecular complexity index is 901.